The molecule has 120 valence electrons. The molecule has 0 spiro atoms. The van der Waals surface area contributed by atoms with E-state index in [2.05, 4.69) is 70.3 Å². The van der Waals surface area contributed by atoms with Crippen LogP contribution in [0.5, 0.6) is 0 Å². The van der Waals surface area contributed by atoms with E-state index in [0.29, 0.717) is 6.04 Å². The van der Waals surface area contributed by atoms with Gasteiger partial charge in [0.2, 0.25) is 0 Å². The molecule has 0 fully saturated rings. The molecule has 1 rings (SSSR count). The lowest BCUT2D eigenvalue weighted by atomic mass is 9.68. The third-order valence-electron chi connectivity index (χ3n) is 4.95. The van der Waals surface area contributed by atoms with Crippen LogP contribution in [0.15, 0.2) is 30.3 Å². The molecule has 21 heavy (non-hydrogen) atoms. The second-order valence-electron chi connectivity index (χ2n) is 6.71. The van der Waals surface area contributed by atoms with Gasteiger partial charge in [0.25, 0.3) is 0 Å². The van der Waals surface area contributed by atoms with Gasteiger partial charge in [-0.1, -0.05) is 65.0 Å². The quantitative estimate of drug-likeness (QED) is 0.595. The fourth-order valence-electron chi connectivity index (χ4n) is 3.51. The molecule has 0 aliphatic heterocycles. The average molecular weight is 290 g/mol. The number of hydrogen-bond acceptors (Lipinski definition) is 1. The van der Waals surface area contributed by atoms with Gasteiger partial charge < -0.3 is 5.32 Å². The lowest BCUT2D eigenvalue weighted by molar-refractivity contribution is 0.247. The molecule has 1 heteroatoms. The molecule has 1 aromatic carbocycles. The van der Waals surface area contributed by atoms with E-state index in [9.17, 15) is 0 Å². The maximum Gasteiger partial charge on any atom is 0.0164 e. The fourth-order valence-corrected chi connectivity index (χ4v) is 3.51. The van der Waals surface area contributed by atoms with Gasteiger partial charge >= 0.3 is 0 Å². The largest absolute Gasteiger partial charge is 0.313 e. The minimum absolute atomic E-state index is 0.269. The third-order valence-corrected chi connectivity index (χ3v) is 4.95. The maximum absolute atomic E-state index is 3.87. The van der Waals surface area contributed by atoms with E-state index < -0.39 is 0 Å². The molecule has 1 aromatic rings. The Kier molecular flexibility index (Phi) is 8.03. The number of nitrogens with one attached hydrogen (secondary N) is 1. The first kappa shape index (κ1) is 18.2. The third kappa shape index (κ3) is 4.85. The lowest BCUT2D eigenvalue weighted by Crippen LogP contribution is -2.48. The minimum Gasteiger partial charge on any atom is -0.313 e. The molecule has 0 saturated carbocycles. The van der Waals surface area contributed by atoms with Gasteiger partial charge in [-0.25, -0.2) is 0 Å². The van der Waals surface area contributed by atoms with E-state index in [1.54, 1.807) is 0 Å². The standard InChI is InChI=1S/C20H35N/c1-6-16-21-19(15-14-17(4)5)20(7-2,8-3)18-12-10-9-11-13-18/h9-13,17,19,21H,6-8,14-16H2,1-5H3. The highest BCUT2D eigenvalue weighted by Gasteiger charge is 2.36. The van der Waals surface area contributed by atoms with Crippen LogP contribution in [0.1, 0.15) is 72.3 Å². The Hall–Kier alpha value is -0.820. The summed E-state index contributed by atoms with van der Waals surface area (Å²) in [4.78, 5) is 0. The highest BCUT2D eigenvalue weighted by Crippen LogP contribution is 2.37. The van der Waals surface area contributed by atoms with Crippen LogP contribution < -0.4 is 5.32 Å². The molecular weight excluding hydrogens is 254 g/mol. The number of hydrogen-bond donors (Lipinski definition) is 1. The van der Waals surface area contributed by atoms with Gasteiger partial charge in [-0.05, 0) is 50.1 Å². The van der Waals surface area contributed by atoms with Crippen LogP contribution in [0.4, 0.5) is 0 Å². The highest BCUT2D eigenvalue weighted by atomic mass is 14.9. The van der Waals surface area contributed by atoms with Crippen molar-refractivity contribution in [2.24, 2.45) is 5.92 Å². The summed E-state index contributed by atoms with van der Waals surface area (Å²) < 4.78 is 0. The Morgan fingerprint density at radius 3 is 2.05 bits per heavy atom. The first-order valence-electron chi connectivity index (χ1n) is 8.89. The van der Waals surface area contributed by atoms with Crippen molar-refractivity contribution in [1.82, 2.24) is 5.32 Å². The van der Waals surface area contributed by atoms with E-state index in [1.165, 1.54) is 37.7 Å². The van der Waals surface area contributed by atoms with Crippen LogP contribution in [0.2, 0.25) is 0 Å². The van der Waals surface area contributed by atoms with Crippen LogP contribution in [-0.2, 0) is 5.41 Å². The Morgan fingerprint density at radius 1 is 0.952 bits per heavy atom. The zero-order valence-corrected chi connectivity index (χ0v) is 14.8. The summed E-state index contributed by atoms with van der Waals surface area (Å²) in [5.74, 6) is 0.776. The summed E-state index contributed by atoms with van der Waals surface area (Å²) in [5.41, 5.74) is 1.78. The van der Waals surface area contributed by atoms with Crippen molar-refractivity contribution in [1.29, 1.82) is 0 Å². The van der Waals surface area contributed by atoms with Crippen molar-refractivity contribution in [2.75, 3.05) is 6.54 Å². The number of benzene rings is 1. The van der Waals surface area contributed by atoms with Crippen molar-refractivity contribution < 1.29 is 0 Å². The summed E-state index contributed by atoms with van der Waals surface area (Å²) in [5, 5.41) is 3.87. The van der Waals surface area contributed by atoms with Crippen LogP contribution in [0, 0.1) is 5.92 Å². The van der Waals surface area contributed by atoms with E-state index >= 15 is 0 Å². The Labute approximate surface area is 132 Å². The topological polar surface area (TPSA) is 12.0 Å². The van der Waals surface area contributed by atoms with Crippen LogP contribution >= 0.6 is 0 Å². The normalized spacial score (nSPS) is 13.6. The zero-order chi connectivity index (χ0) is 15.7. The van der Waals surface area contributed by atoms with Gasteiger partial charge in [0, 0.05) is 11.5 Å². The molecule has 0 radical (unpaired) electrons. The van der Waals surface area contributed by atoms with E-state index in [1.807, 2.05) is 0 Å². The summed E-state index contributed by atoms with van der Waals surface area (Å²) >= 11 is 0. The SMILES string of the molecule is CCCNC(CCC(C)C)C(CC)(CC)c1ccccc1. The summed E-state index contributed by atoms with van der Waals surface area (Å²) in [7, 11) is 0. The first-order valence-corrected chi connectivity index (χ1v) is 8.89. The molecule has 1 unspecified atom stereocenters. The fraction of sp³-hybridized carbons (Fsp3) is 0.700. The van der Waals surface area contributed by atoms with Crippen LogP contribution in [-0.4, -0.2) is 12.6 Å². The second kappa shape index (κ2) is 9.25. The van der Waals surface area contributed by atoms with Crippen molar-refractivity contribution in [3.63, 3.8) is 0 Å². The predicted molar refractivity (Wildman–Crippen MR) is 94.9 cm³/mol. The van der Waals surface area contributed by atoms with Gasteiger partial charge in [0.05, 0.1) is 0 Å². The van der Waals surface area contributed by atoms with Gasteiger partial charge in [-0.3, -0.25) is 0 Å². The average Bonchev–Trinajstić information content (AvgIpc) is 2.51. The van der Waals surface area contributed by atoms with Crippen molar-refractivity contribution >= 4 is 0 Å². The zero-order valence-electron chi connectivity index (χ0n) is 14.8. The minimum atomic E-state index is 0.269. The molecule has 0 aliphatic rings. The molecule has 0 aromatic heterocycles. The van der Waals surface area contributed by atoms with Gasteiger partial charge in [-0.2, -0.15) is 0 Å². The monoisotopic (exact) mass is 289 g/mol. The van der Waals surface area contributed by atoms with Crippen molar-refractivity contribution in [3.8, 4) is 0 Å². The first-order chi connectivity index (χ1) is 10.1. The van der Waals surface area contributed by atoms with Gasteiger partial charge in [0.15, 0.2) is 0 Å². The van der Waals surface area contributed by atoms with Gasteiger partial charge in [0.1, 0.15) is 0 Å². The summed E-state index contributed by atoms with van der Waals surface area (Å²) in [6.45, 7) is 12.8. The Balaban J connectivity index is 3.05. The maximum atomic E-state index is 3.87. The molecular formula is C20H35N. The Bertz CT molecular complexity index is 365. The molecule has 1 nitrogen and oxygen atoms in total. The van der Waals surface area contributed by atoms with Crippen molar-refractivity contribution in [3.05, 3.63) is 35.9 Å². The van der Waals surface area contributed by atoms with Crippen molar-refractivity contribution in [2.45, 2.75) is 78.2 Å². The number of rotatable bonds is 10. The summed E-state index contributed by atoms with van der Waals surface area (Å²) in [6, 6.07) is 11.7. The smallest absolute Gasteiger partial charge is 0.0164 e. The lowest BCUT2D eigenvalue weighted by Gasteiger charge is -2.41. The van der Waals surface area contributed by atoms with Crippen LogP contribution in [0.3, 0.4) is 0 Å². The van der Waals surface area contributed by atoms with Crippen LogP contribution in [0.25, 0.3) is 0 Å². The molecule has 0 aliphatic carbocycles. The second-order valence-corrected chi connectivity index (χ2v) is 6.71. The Morgan fingerprint density at radius 2 is 1.57 bits per heavy atom. The summed E-state index contributed by atoms with van der Waals surface area (Å²) in [6.07, 6.45) is 6.18. The molecule has 0 heterocycles. The molecule has 1 atom stereocenters. The molecule has 1 N–H and O–H groups in total. The highest BCUT2D eigenvalue weighted by molar-refractivity contribution is 5.27. The van der Waals surface area contributed by atoms with E-state index in [4.69, 9.17) is 0 Å². The predicted octanol–water partition coefficient (Wildman–Crippen LogP) is 5.55. The molecule has 0 saturated heterocycles. The van der Waals surface area contributed by atoms with E-state index in [-0.39, 0.29) is 5.41 Å². The molecule has 0 bridgehead atoms. The van der Waals surface area contributed by atoms with Gasteiger partial charge in [-0.15, -0.1) is 0 Å². The van der Waals surface area contributed by atoms with E-state index in [0.717, 1.165) is 12.5 Å². The molecule has 0 amide bonds.